The zero-order chi connectivity index (χ0) is 13.8. The zero-order valence-electron chi connectivity index (χ0n) is 11.0. The standard InChI is InChI=1S/C13H17N3O2S/c1-3-5-14-12(17)8-15-13(18)10-7-11-9(16(10)2)4-6-19-11/h4,6-7H,3,5,8H2,1-2H3,(H,14,17)(H,15,18). The van der Waals surface area contributed by atoms with Crippen molar-refractivity contribution in [1.29, 1.82) is 0 Å². The predicted molar refractivity (Wildman–Crippen MR) is 76.4 cm³/mol. The molecule has 0 fully saturated rings. The first-order chi connectivity index (χ1) is 9.13. The number of aromatic nitrogens is 1. The molecule has 19 heavy (non-hydrogen) atoms. The largest absolute Gasteiger partial charge is 0.355 e. The Balaban J connectivity index is 1.98. The summed E-state index contributed by atoms with van der Waals surface area (Å²) in [5.41, 5.74) is 1.61. The van der Waals surface area contributed by atoms with Crippen LogP contribution in [0, 0.1) is 0 Å². The van der Waals surface area contributed by atoms with Crippen LogP contribution in [0.15, 0.2) is 17.5 Å². The van der Waals surface area contributed by atoms with Gasteiger partial charge in [0, 0.05) is 13.6 Å². The van der Waals surface area contributed by atoms with Crippen molar-refractivity contribution in [3.63, 3.8) is 0 Å². The van der Waals surface area contributed by atoms with Crippen LogP contribution in [0.1, 0.15) is 23.8 Å². The molecule has 2 heterocycles. The summed E-state index contributed by atoms with van der Waals surface area (Å²) in [4.78, 5) is 23.4. The quantitative estimate of drug-likeness (QED) is 0.871. The molecule has 0 unspecified atom stereocenters. The van der Waals surface area contributed by atoms with Gasteiger partial charge in [-0.3, -0.25) is 9.59 Å². The van der Waals surface area contributed by atoms with E-state index >= 15 is 0 Å². The smallest absolute Gasteiger partial charge is 0.268 e. The van der Waals surface area contributed by atoms with E-state index in [1.165, 1.54) is 0 Å². The Bertz CT molecular complexity index is 600. The van der Waals surface area contributed by atoms with Crippen molar-refractivity contribution in [3.8, 4) is 0 Å². The summed E-state index contributed by atoms with van der Waals surface area (Å²) in [5.74, 6) is -0.385. The second kappa shape index (κ2) is 5.88. The van der Waals surface area contributed by atoms with E-state index in [9.17, 15) is 9.59 Å². The van der Waals surface area contributed by atoms with Crippen LogP contribution in [0.4, 0.5) is 0 Å². The highest BCUT2D eigenvalue weighted by molar-refractivity contribution is 7.17. The predicted octanol–water partition coefficient (Wildman–Crippen LogP) is 1.50. The summed E-state index contributed by atoms with van der Waals surface area (Å²) in [5, 5.41) is 7.34. The molecule has 5 nitrogen and oxygen atoms in total. The first-order valence-electron chi connectivity index (χ1n) is 6.21. The lowest BCUT2D eigenvalue weighted by atomic mass is 10.4. The lowest BCUT2D eigenvalue weighted by molar-refractivity contribution is -0.120. The van der Waals surface area contributed by atoms with E-state index in [0.29, 0.717) is 12.2 Å². The van der Waals surface area contributed by atoms with Crippen LogP contribution in [0.5, 0.6) is 0 Å². The summed E-state index contributed by atoms with van der Waals surface area (Å²) < 4.78 is 2.91. The molecule has 0 saturated heterocycles. The van der Waals surface area contributed by atoms with Crippen LogP contribution in [0.3, 0.4) is 0 Å². The molecule has 0 saturated carbocycles. The minimum Gasteiger partial charge on any atom is -0.355 e. The molecule has 2 aromatic heterocycles. The van der Waals surface area contributed by atoms with E-state index < -0.39 is 0 Å². The molecule has 0 spiro atoms. The number of nitrogens with one attached hydrogen (secondary N) is 2. The van der Waals surface area contributed by atoms with Gasteiger partial charge >= 0.3 is 0 Å². The number of carbonyl (C=O) groups excluding carboxylic acids is 2. The summed E-state index contributed by atoms with van der Waals surface area (Å²) in [7, 11) is 1.85. The minimum absolute atomic E-state index is 0.0116. The Morgan fingerprint density at radius 3 is 2.84 bits per heavy atom. The van der Waals surface area contributed by atoms with Crippen molar-refractivity contribution >= 4 is 33.4 Å². The Morgan fingerprint density at radius 1 is 1.37 bits per heavy atom. The van der Waals surface area contributed by atoms with E-state index in [1.807, 2.05) is 36.1 Å². The van der Waals surface area contributed by atoms with E-state index in [0.717, 1.165) is 16.6 Å². The summed E-state index contributed by atoms with van der Waals surface area (Å²) in [6, 6.07) is 3.82. The van der Waals surface area contributed by atoms with E-state index in [2.05, 4.69) is 10.6 Å². The molecule has 2 rings (SSSR count). The Morgan fingerprint density at radius 2 is 2.16 bits per heavy atom. The van der Waals surface area contributed by atoms with Crippen LogP contribution >= 0.6 is 11.3 Å². The molecule has 102 valence electrons. The highest BCUT2D eigenvalue weighted by atomic mass is 32.1. The molecule has 0 aromatic carbocycles. The molecule has 0 aliphatic carbocycles. The maximum atomic E-state index is 12.0. The molecule has 2 N–H and O–H groups in total. The molecule has 2 aromatic rings. The molecular weight excluding hydrogens is 262 g/mol. The Hall–Kier alpha value is -1.82. The van der Waals surface area contributed by atoms with Gasteiger partial charge in [-0.15, -0.1) is 11.3 Å². The summed E-state index contributed by atoms with van der Waals surface area (Å²) in [6.07, 6.45) is 0.883. The number of aryl methyl sites for hydroxylation is 1. The van der Waals surface area contributed by atoms with Gasteiger partial charge in [-0.25, -0.2) is 0 Å². The van der Waals surface area contributed by atoms with Crippen molar-refractivity contribution in [2.75, 3.05) is 13.1 Å². The maximum Gasteiger partial charge on any atom is 0.268 e. The van der Waals surface area contributed by atoms with Gasteiger partial charge in [-0.1, -0.05) is 6.92 Å². The number of hydrogen-bond donors (Lipinski definition) is 2. The monoisotopic (exact) mass is 279 g/mol. The molecule has 0 atom stereocenters. The molecule has 6 heteroatoms. The highest BCUT2D eigenvalue weighted by Gasteiger charge is 2.14. The van der Waals surface area contributed by atoms with Crippen molar-refractivity contribution in [2.45, 2.75) is 13.3 Å². The topological polar surface area (TPSA) is 63.1 Å². The van der Waals surface area contributed by atoms with Gasteiger partial charge in [-0.2, -0.15) is 0 Å². The molecule has 0 aliphatic rings. The van der Waals surface area contributed by atoms with Gasteiger partial charge in [0.05, 0.1) is 16.8 Å². The number of carbonyl (C=O) groups is 2. The molecule has 0 aliphatic heterocycles. The van der Waals surface area contributed by atoms with Gasteiger partial charge in [0.25, 0.3) is 5.91 Å². The molecular formula is C13H17N3O2S. The van der Waals surface area contributed by atoms with E-state index in [1.54, 1.807) is 11.3 Å². The average Bonchev–Trinajstić information content (AvgIpc) is 2.97. The SMILES string of the molecule is CCCNC(=O)CNC(=O)c1cc2sccc2n1C. The Kier molecular flexibility index (Phi) is 4.21. The van der Waals surface area contributed by atoms with Gasteiger partial charge in [0.15, 0.2) is 0 Å². The van der Waals surface area contributed by atoms with E-state index in [4.69, 9.17) is 0 Å². The fraction of sp³-hybridized carbons (Fsp3) is 0.385. The second-order valence-electron chi connectivity index (χ2n) is 4.29. The molecule has 0 radical (unpaired) electrons. The van der Waals surface area contributed by atoms with Crippen molar-refractivity contribution in [1.82, 2.24) is 15.2 Å². The number of nitrogens with zero attached hydrogens (tertiary/aromatic N) is 1. The molecule has 0 bridgehead atoms. The third-order valence-corrected chi connectivity index (χ3v) is 3.73. The maximum absolute atomic E-state index is 12.0. The second-order valence-corrected chi connectivity index (χ2v) is 5.24. The number of thiophene rings is 1. The van der Waals surface area contributed by atoms with Crippen LogP contribution < -0.4 is 10.6 Å². The number of fused-ring (bicyclic) bond motifs is 1. The lowest BCUT2D eigenvalue weighted by Crippen LogP contribution is -2.37. The van der Waals surface area contributed by atoms with Gasteiger partial charge in [0.1, 0.15) is 5.69 Å². The fourth-order valence-corrected chi connectivity index (χ4v) is 2.69. The highest BCUT2D eigenvalue weighted by Crippen LogP contribution is 2.23. The average molecular weight is 279 g/mol. The fourth-order valence-electron chi connectivity index (χ4n) is 1.85. The first kappa shape index (κ1) is 13.6. The van der Waals surface area contributed by atoms with Crippen molar-refractivity contribution in [3.05, 3.63) is 23.2 Å². The third-order valence-electron chi connectivity index (χ3n) is 2.88. The van der Waals surface area contributed by atoms with Crippen molar-refractivity contribution < 1.29 is 9.59 Å². The summed E-state index contributed by atoms with van der Waals surface area (Å²) in [6.45, 7) is 2.63. The van der Waals surface area contributed by atoms with Crippen LogP contribution in [0.25, 0.3) is 10.2 Å². The number of rotatable bonds is 5. The van der Waals surface area contributed by atoms with Crippen LogP contribution in [-0.4, -0.2) is 29.5 Å². The van der Waals surface area contributed by atoms with Crippen molar-refractivity contribution in [2.24, 2.45) is 7.05 Å². The normalized spacial score (nSPS) is 10.6. The minimum atomic E-state index is -0.224. The third kappa shape index (κ3) is 2.96. The zero-order valence-corrected chi connectivity index (χ0v) is 11.8. The first-order valence-corrected chi connectivity index (χ1v) is 7.09. The number of amides is 2. The summed E-state index contributed by atoms with van der Waals surface area (Å²) >= 11 is 1.60. The van der Waals surface area contributed by atoms with Crippen LogP contribution in [-0.2, 0) is 11.8 Å². The lowest BCUT2D eigenvalue weighted by Gasteiger charge is -2.06. The van der Waals surface area contributed by atoms with Gasteiger partial charge < -0.3 is 15.2 Å². The van der Waals surface area contributed by atoms with Gasteiger partial charge in [0.2, 0.25) is 5.91 Å². The Labute approximate surface area is 115 Å². The number of hydrogen-bond acceptors (Lipinski definition) is 3. The van der Waals surface area contributed by atoms with E-state index in [-0.39, 0.29) is 18.4 Å². The van der Waals surface area contributed by atoms with Gasteiger partial charge in [-0.05, 0) is 23.9 Å². The van der Waals surface area contributed by atoms with Crippen LogP contribution in [0.2, 0.25) is 0 Å². The molecule has 2 amide bonds.